The predicted molar refractivity (Wildman–Crippen MR) is 139 cm³/mol. The van der Waals surface area contributed by atoms with Crippen molar-refractivity contribution in [1.82, 2.24) is 9.97 Å². The van der Waals surface area contributed by atoms with E-state index in [4.69, 9.17) is 21.6 Å². The molecule has 0 saturated carbocycles. The Balaban J connectivity index is 1.47. The molecule has 2 aromatic carbocycles. The minimum Gasteiger partial charge on any atom is -0.340 e. The lowest BCUT2D eigenvalue weighted by atomic mass is 9.87. The molecule has 0 amide bonds. The van der Waals surface area contributed by atoms with E-state index >= 15 is 0 Å². The third kappa shape index (κ3) is 4.52. The first-order valence-electron chi connectivity index (χ1n) is 10.9. The second kappa shape index (κ2) is 8.69. The zero-order valence-electron chi connectivity index (χ0n) is 18.5. The van der Waals surface area contributed by atoms with Crippen LogP contribution < -0.4 is 5.32 Å². The van der Waals surface area contributed by atoms with Gasteiger partial charge in [0.05, 0.1) is 11.1 Å². The normalized spacial score (nSPS) is 13.5. The number of thiophene rings is 1. The van der Waals surface area contributed by atoms with Gasteiger partial charge in [-0.1, -0.05) is 44.5 Å². The maximum Gasteiger partial charge on any atom is 0.143 e. The van der Waals surface area contributed by atoms with Crippen LogP contribution in [0.5, 0.6) is 0 Å². The summed E-state index contributed by atoms with van der Waals surface area (Å²) < 4.78 is 0. The fourth-order valence-corrected chi connectivity index (χ4v) is 6.22. The average molecular weight is 480 g/mol. The highest BCUT2D eigenvalue weighted by Gasteiger charge is 2.23. The number of hydrogen-bond donors (Lipinski definition) is 1. The van der Waals surface area contributed by atoms with Crippen molar-refractivity contribution in [1.29, 1.82) is 0 Å². The van der Waals surface area contributed by atoms with Crippen molar-refractivity contribution < 1.29 is 0 Å². The Kier molecular flexibility index (Phi) is 5.91. The summed E-state index contributed by atoms with van der Waals surface area (Å²) in [6.45, 7) is 6.72. The molecule has 6 heteroatoms. The van der Waals surface area contributed by atoms with Crippen molar-refractivity contribution in [3.8, 4) is 0 Å². The minimum absolute atomic E-state index is 0.140. The molecular formula is C26H26ClN3S2. The first-order chi connectivity index (χ1) is 15.4. The average Bonchev–Trinajstić information content (AvgIpc) is 3.34. The van der Waals surface area contributed by atoms with Crippen molar-refractivity contribution in [3.63, 3.8) is 0 Å². The minimum atomic E-state index is 0.140. The largest absolute Gasteiger partial charge is 0.340 e. The van der Waals surface area contributed by atoms with E-state index < -0.39 is 0 Å². The van der Waals surface area contributed by atoms with Crippen LogP contribution in [0.15, 0.2) is 53.4 Å². The third-order valence-corrected chi connectivity index (χ3v) is 8.25. The molecule has 1 aliphatic carbocycles. The summed E-state index contributed by atoms with van der Waals surface area (Å²) in [5.74, 6) is 2.51. The molecule has 0 saturated heterocycles. The Morgan fingerprint density at radius 2 is 1.75 bits per heavy atom. The standard InChI is InChI=1S/C26H26ClN3S2/c1-26(2,3)16-7-11-18(12-8-16)28-24-23-20-5-4-6-21(20)32-25(23)30-22(29-24)15-31-19-13-9-17(27)10-14-19/h7-14H,4-6,15H2,1-3H3,(H,28,29,30). The van der Waals surface area contributed by atoms with E-state index in [1.165, 1.54) is 32.7 Å². The van der Waals surface area contributed by atoms with E-state index in [2.05, 4.69) is 50.4 Å². The van der Waals surface area contributed by atoms with E-state index in [1.807, 2.05) is 35.6 Å². The molecule has 4 aromatic rings. The van der Waals surface area contributed by atoms with Gasteiger partial charge in [0.1, 0.15) is 16.5 Å². The molecule has 1 N–H and O–H groups in total. The number of benzene rings is 2. The Morgan fingerprint density at radius 1 is 1.00 bits per heavy atom. The van der Waals surface area contributed by atoms with Gasteiger partial charge < -0.3 is 5.32 Å². The molecule has 164 valence electrons. The van der Waals surface area contributed by atoms with Crippen LogP contribution in [-0.2, 0) is 24.0 Å². The molecule has 2 aromatic heterocycles. The maximum absolute atomic E-state index is 6.02. The van der Waals surface area contributed by atoms with E-state index in [1.54, 1.807) is 11.8 Å². The molecule has 0 atom stereocenters. The molecule has 5 rings (SSSR count). The first kappa shape index (κ1) is 21.7. The molecule has 2 heterocycles. The fourth-order valence-electron chi connectivity index (χ4n) is 4.06. The summed E-state index contributed by atoms with van der Waals surface area (Å²) in [5, 5.41) is 5.58. The predicted octanol–water partition coefficient (Wildman–Crippen LogP) is 8.17. The van der Waals surface area contributed by atoms with Crippen molar-refractivity contribution in [2.45, 2.75) is 56.1 Å². The highest BCUT2D eigenvalue weighted by atomic mass is 35.5. The van der Waals surface area contributed by atoms with E-state index in [0.29, 0.717) is 0 Å². The molecule has 32 heavy (non-hydrogen) atoms. The zero-order chi connectivity index (χ0) is 22.3. The van der Waals surface area contributed by atoms with Crippen molar-refractivity contribution in [3.05, 3.63) is 75.4 Å². The van der Waals surface area contributed by atoms with Crippen LogP contribution in [-0.4, -0.2) is 9.97 Å². The summed E-state index contributed by atoms with van der Waals surface area (Å²) in [5.41, 5.74) is 3.97. The number of halogens is 1. The Hall–Kier alpha value is -2.08. The number of aryl methyl sites for hydroxylation is 2. The summed E-state index contributed by atoms with van der Waals surface area (Å²) in [4.78, 5) is 13.7. The Bertz CT molecular complexity index is 1260. The van der Waals surface area contributed by atoms with Crippen LogP contribution >= 0.6 is 34.7 Å². The van der Waals surface area contributed by atoms with Gasteiger partial charge in [0.15, 0.2) is 0 Å². The summed E-state index contributed by atoms with van der Waals surface area (Å²) in [6.07, 6.45) is 3.51. The number of fused-ring (bicyclic) bond motifs is 3. The number of rotatable bonds is 5. The van der Waals surface area contributed by atoms with Gasteiger partial charge in [0.25, 0.3) is 0 Å². The number of hydrogen-bond acceptors (Lipinski definition) is 5. The van der Waals surface area contributed by atoms with Crippen LogP contribution in [0.3, 0.4) is 0 Å². The lowest BCUT2D eigenvalue weighted by molar-refractivity contribution is 0.590. The van der Waals surface area contributed by atoms with Crippen LogP contribution in [0.4, 0.5) is 11.5 Å². The molecule has 0 radical (unpaired) electrons. The van der Waals surface area contributed by atoms with Gasteiger partial charge in [0.2, 0.25) is 0 Å². The summed E-state index contributed by atoms with van der Waals surface area (Å²) in [6, 6.07) is 16.7. The second-order valence-corrected chi connectivity index (χ2v) is 11.8. The number of nitrogens with one attached hydrogen (secondary N) is 1. The molecule has 0 fully saturated rings. The number of aromatic nitrogens is 2. The van der Waals surface area contributed by atoms with E-state index in [0.717, 1.165) is 45.8 Å². The molecule has 0 aliphatic heterocycles. The SMILES string of the molecule is CC(C)(C)c1ccc(Nc2nc(CSc3ccc(Cl)cc3)nc3sc4c(c23)CCC4)cc1. The lowest BCUT2D eigenvalue weighted by Crippen LogP contribution is -2.10. The molecule has 0 bridgehead atoms. The lowest BCUT2D eigenvalue weighted by Gasteiger charge is -2.19. The molecular weight excluding hydrogens is 454 g/mol. The van der Waals surface area contributed by atoms with Crippen molar-refractivity contribution in [2.75, 3.05) is 5.32 Å². The molecule has 1 aliphatic rings. The molecule has 3 nitrogen and oxygen atoms in total. The highest BCUT2D eigenvalue weighted by Crippen LogP contribution is 2.40. The van der Waals surface area contributed by atoms with Gasteiger partial charge in [-0.3, -0.25) is 0 Å². The molecule has 0 unspecified atom stereocenters. The van der Waals surface area contributed by atoms with Crippen LogP contribution in [0.25, 0.3) is 10.2 Å². The Morgan fingerprint density at radius 3 is 2.47 bits per heavy atom. The summed E-state index contributed by atoms with van der Waals surface area (Å²) in [7, 11) is 0. The fraction of sp³-hybridized carbons (Fsp3) is 0.308. The Labute approximate surface area is 202 Å². The van der Waals surface area contributed by atoms with Crippen LogP contribution in [0.1, 0.15) is 49.0 Å². The van der Waals surface area contributed by atoms with Gasteiger partial charge in [-0.2, -0.15) is 0 Å². The third-order valence-electron chi connectivity index (χ3n) is 5.81. The van der Waals surface area contributed by atoms with Gasteiger partial charge in [-0.25, -0.2) is 9.97 Å². The van der Waals surface area contributed by atoms with Crippen molar-refractivity contribution in [2.24, 2.45) is 0 Å². The topological polar surface area (TPSA) is 37.8 Å². The quantitative estimate of drug-likeness (QED) is 0.293. The van der Waals surface area contributed by atoms with Gasteiger partial charge >= 0.3 is 0 Å². The monoisotopic (exact) mass is 479 g/mol. The number of anilines is 2. The van der Waals surface area contributed by atoms with Gasteiger partial charge in [0, 0.05) is 20.5 Å². The maximum atomic E-state index is 6.02. The summed E-state index contributed by atoms with van der Waals surface area (Å²) >= 11 is 9.59. The van der Waals surface area contributed by atoms with E-state index in [-0.39, 0.29) is 5.41 Å². The second-order valence-electron chi connectivity index (χ2n) is 9.22. The van der Waals surface area contributed by atoms with E-state index in [9.17, 15) is 0 Å². The zero-order valence-corrected chi connectivity index (χ0v) is 20.9. The number of thioether (sulfide) groups is 1. The highest BCUT2D eigenvalue weighted by molar-refractivity contribution is 7.98. The smallest absolute Gasteiger partial charge is 0.143 e. The van der Waals surface area contributed by atoms with Crippen LogP contribution in [0, 0.1) is 0 Å². The van der Waals surface area contributed by atoms with Crippen LogP contribution in [0.2, 0.25) is 5.02 Å². The van der Waals surface area contributed by atoms with Crippen molar-refractivity contribution >= 4 is 56.4 Å². The van der Waals surface area contributed by atoms with Gasteiger partial charge in [-0.05, 0) is 72.2 Å². The van der Waals surface area contributed by atoms with Gasteiger partial charge in [-0.15, -0.1) is 23.1 Å². The number of nitrogens with zero attached hydrogens (tertiary/aromatic N) is 2. The molecule has 0 spiro atoms. The first-order valence-corrected chi connectivity index (χ1v) is 13.1.